The average Bonchev–Trinajstić information content (AvgIpc) is 3.03. The molecule has 0 spiro atoms. The molecular formula is C16H13BrN4O4S. The normalized spacial score (nSPS) is 11.3. The second kappa shape index (κ2) is 7.26. The molecule has 0 unspecified atom stereocenters. The highest BCUT2D eigenvalue weighted by atomic mass is 79.9. The fourth-order valence-corrected chi connectivity index (χ4v) is 3.49. The maximum absolute atomic E-state index is 12.4. The molecule has 1 heterocycles. The van der Waals surface area contributed by atoms with E-state index >= 15 is 0 Å². The summed E-state index contributed by atoms with van der Waals surface area (Å²) in [6, 6.07) is 13.9. The van der Waals surface area contributed by atoms with Gasteiger partial charge in [0.15, 0.2) is 5.82 Å². The molecule has 2 aromatic carbocycles. The van der Waals surface area contributed by atoms with Gasteiger partial charge in [-0.25, -0.2) is 8.42 Å². The second-order valence-corrected chi connectivity index (χ2v) is 7.98. The van der Waals surface area contributed by atoms with Crippen LogP contribution in [0.1, 0.15) is 5.56 Å². The van der Waals surface area contributed by atoms with Crippen molar-refractivity contribution in [2.24, 2.45) is 0 Å². The Balaban J connectivity index is 1.73. The van der Waals surface area contributed by atoms with Crippen molar-refractivity contribution in [2.45, 2.75) is 11.4 Å². The monoisotopic (exact) mass is 436 g/mol. The van der Waals surface area contributed by atoms with Crippen LogP contribution in [0.5, 0.6) is 0 Å². The molecule has 0 amide bonds. The summed E-state index contributed by atoms with van der Waals surface area (Å²) < 4.78 is 29.6. The Kier molecular flexibility index (Phi) is 5.05. The van der Waals surface area contributed by atoms with E-state index in [0.29, 0.717) is 6.54 Å². The van der Waals surface area contributed by atoms with Crippen LogP contribution < -0.4 is 4.72 Å². The number of hydrogen-bond donors (Lipinski definition) is 1. The third-order valence-electron chi connectivity index (χ3n) is 3.50. The molecule has 3 aromatic rings. The van der Waals surface area contributed by atoms with Gasteiger partial charge in [0.2, 0.25) is 0 Å². The molecule has 8 nitrogen and oxygen atoms in total. The minimum absolute atomic E-state index is 0.0782. The summed E-state index contributed by atoms with van der Waals surface area (Å²) in [5.41, 5.74) is 0.837. The van der Waals surface area contributed by atoms with Gasteiger partial charge in [0.05, 0.1) is 16.4 Å². The molecule has 0 bridgehead atoms. The Hall–Kier alpha value is -2.72. The Labute approximate surface area is 157 Å². The lowest BCUT2D eigenvalue weighted by molar-refractivity contribution is -0.384. The summed E-state index contributed by atoms with van der Waals surface area (Å²) in [5.74, 6) is 0.167. The van der Waals surface area contributed by atoms with Crippen molar-refractivity contribution in [1.29, 1.82) is 0 Å². The standard InChI is InChI=1S/C16H13BrN4O4S/c17-13-3-1-12(2-4-13)11-20-10-9-16(18-20)19-26(24,25)15-7-5-14(6-8-15)21(22)23/h1-10H,11H2,(H,18,19). The number of nitrogens with one attached hydrogen (secondary N) is 1. The van der Waals surface area contributed by atoms with Crippen molar-refractivity contribution >= 4 is 37.5 Å². The van der Waals surface area contributed by atoms with Crippen LogP contribution in [0.4, 0.5) is 11.5 Å². The van der Waals surface area contributed by atoms with E-state index in [0.717, 1.165) is 22.2 Å². The molecule has 0 saturated carbocycles. The second-order valence-electron chi connectivity index (χ2n) is 5.38. The van der Waals surface area contributed by atoms with Gasteiger partial charge >= 0.3 is 0 Å². The van der Waals surface area contributed by atoms with Gasteiger partial charge in [0.25, 0.3) is 15.7 Å². The Morgan fingerprint density at radius 2 is 1.73 bits per heavy atom. The highest BCUT2D eigenvalue weighted by molar-refractivity contribution is 9.10. The quantitative estimate of drug-likeness (QED) is 0.470. The van der Waals surface area contributed by atoms with Crippen LogP contribution in [-0.4, -0.2) is 23.1 Å². The molecule has 0 aliphatic carbocycles. The van der Waals surface area contributed by atoms with Crippen molar-refractivity contribution in [3.63, 3.8) is 0 Å². The van der Waals surface area contributed by atoms with Crippen LogP contribution in [0, 0.1) is 10.1 Å². The summed E-state index contributed by atoms with van der Waals surface area (Å²) in [7, 11) is -3.88. The van der Waals surface area contributed by atoms with Crippen molar-refractivity contribution < 1.29 is 13.3 Å². The predicted octanol–water partition coefficient (Wildman–Crippen LogP) is 3.40. The fraction of sp³-hybridized carbons (Fsp3) is 0.0625. The number of anilines is 1. The molecule has 0 radical (unpaired) electrons. The maximum atomic E-state index is 12.4. The molecule has 1 aromatic heterocycles. The van der Waals surface area contributed by atoms with Gasteiger partial charge < -0.3 is 0 Å². The van der Waals surface area contributed by atoms with Crippen molar-refractivity contribution in [1.82, 2.24) is 9.78 Å². The predicted molar refractivity (Wildman–Crippen MR) is 99.4 cm³/mol. The molecule has 10 heteroatoms. The van der Waals surface area contributed by atoms with Crippen LogP contribution in [0.25, 0.3) is 0 Å². The van der Waals surface area contributed by atoms with Crippen molar-refractivity contribution in [3.05, 3.63) is 80.9 Å². The number of nitrogens with zero attached hydrogens (tertiary/aromatic N) is 3. The van der Waals surface area contributed by atoms with Gasteiger partial charge in [-0.2, -0.15) is 5.10 Å². The molecule has 0 atom stereocenters. The molecular weight excluding hydrogens is 424 g/mol. The molecule has 26 heavy (non-hydrogen) atoms. The molecule has 0 aliphatic heterocycles. The largest absolute Gasteiger partial charge is 0.269 e. The fourth-order valence-electron chi connectivity index (χ4n) is 2.22. The Morgan fingerprint density at radius 3 is 2.35 bits per heavy atom. The van der Waals surface area contributed by atoms with Gasteiger partial charge in [-0.3, -0.25) is 19.5 Å². The van der Waals surface area contributed by atoms with Gasteiger partial charge in [-0.1, -0.05) is 28.1 Å². The van der Waals surface area contributed by atoms with Crippen LogP contribution in [0.15, 0.2) is 70.2 Å². The molecule has 0 aliphatic rings. The summed E-state index contributed by atoms with van der Waals surface area (Å²) in [4.78, 5) is 9.98. The maximum Gasteiger partial charge on any atom is 0.269 e. The number of sulfonamides is 1. The van der Waals surface area contributed by atoms with E-state index in [9.17, 15) is 18.5 Å². The number of non-ortho nitro benzene ring substituents is 1. The lowest BCUT2D eigenvalue weighted by Gasteiger charge is -2.05. The number of rotatable bonds is 6. The number of benzene rings is 2. The van der Waals surface area contributed by atoms with E-state index < -0.39 is 14.9 Å². The number of halogens is 1. The van der Waals surface area contributed by atoms with Crippen molar-refractivity contribution in [3.8, 4) is 0 Å². The van der Waals surface area contributed by atoms with E-state index in [1.165, 1.54) is 12.1 Å². The van der Waals surface area contributed by atoms with Crippen LogP contribution >= 0.6 is 15.9 Å². The van der Waals surface area contributed by atoms with Crippen LogP contribution in [0.3, 0.4) is 0 Å². The highest BCUT2D eigenvalue weighted by Gasteiger charge is 2.17. The zero-order chi connectivity index (χ0) is 18.7. The van der Waals surface area contributed by atoms with E-state index in [1.54, 1.807) is 16.9 Å². The third-order valence-corrected chi connectivity index (χ3v) is 5.39. The summed E-state index contributed by atoms with van der Waals surface area (Å²) >= 11 is 3.37. The first-order valence-electron chi connectivity index (χ1n) is 7.39. The van der Waals surface area contributed by atoms with E-state index in [1.807, 2.05) is 24.3 Å². The van der Waals surface area contributed by atoms with E-state index in [-0.39, 0.29) is 16.4 Å². The van der Waals surface area contributed by atoms with E-state index in [2.05, 4.69) is 25.8 Å². The minimum Gasteiger partial charge on any atom is -0.266 e. The first-order chi connectivity index (χ1) is 12.3. The first kappa shape index (κ1) is 18.1. The van der Waals surface area contributed by atoms with E-state index in [4.69, 9.17) is 0 Å². The number of aromatic nitrogens is 2. The third kappa shape index (κ3) is 4.27. The molecule has 0 fully saturated rings. The zero-order valence-corrected chi connectivity index (χ0v) is 15.6. The lowest BCUT2D eigenvalue weighted by Crippen LogP contribution is -2.13. The van der Waals surface area contributed by atoms with Crippen LogP contribution in [-0.2, 0) is 16.6 Å². The van der Waals surface area contributed by atoms with Gasteiger partial charge in [-0.15, -0.1) is 0 Å². The van der Waals surface area contributed by atoms with Gasteiger partial charge in [0.1, 0.15) is 0 Å². The first-order valence-corrected chi connectivity index (χ1v) is 9.66. The molecule has 134 valence electrons. The summed E-state index contributed by atoms with van der Waals surface area (Å²) in [6.45, 7) is 0.493. The molecule has 0 saturated heterocycles. The SMILES string of the molecule is O=[N+]([O-])c1ccc(S(=O)(=O)Nc2ccn(Cc3ccc(Br)cc3)n2)cc1. The van der Waals surface area contributed by atoms with Gasteiger partial charge in [0, 0.05) is 28.9 Å². The Bertz CT molecular complexity index is 1030. The number of hydrogen-bond acceptors (Lipinski definition) is 5. The van der Waals surface area contributed by atoms with Gasteiger partial charge in [-0.05, 0) is 29.8 Å². The zero-order valence-electron chi connectivity index (χ0n) is 13.2. The Morgan fingerprint density at radius 1 is 1.08 bits per heavy atom. The number of nitro benzene ring substituents is 1. The molecule has 3 rings (SSSR count). The number of nitro groups is 1. The lowest BCUT2D eigenvalue weighted by atomic mass is 10.2. The smallest absolute Gasteiger partial charge is 0.266 e. The summed E-state index contributed by atoms with van der Waals surface area (Å²) in [5, 5.41) is 14.8. The topological polar surface area (TPSA) is 107 Å². The molecule has 1 N–H and O–H groups in total. The summed E-state index contributed by atoms with van der Waals surface area (Å²) in [6.07, 6.45) is 1.66. The highest BCUT2D eigenvalue weighted by Crippen LogP contribution is 2.19. The minimum atomic E-state index is -3.88. The average molecular weight is 437 g/mol. The van der Waals surface area contributed by atoms with Crippen molar-refractivity contribution in [2.75, 3.05) is 4.72 Å². The van der Waals surface area contributed by atoms with Crippen LogP contribution in [0.2, 0.25) is 0 Å².